The topological polar surface area (TPSA) is 93.1 Å². The van der Waals surface area contributed by atoms with E-state index in [0.29, 0.717) is 6.42 Å². The normalized spacial score (nSPS) is 43.0. The highest BCUT2D eigenvalue weighted by atomic mass is 16.6. The Bertz CT molecular complexity index is 918. The zero-order chi connectivity index (χ0) is 24.2. The van der Waals surface area contributed by atoms with E-state index in [-0.39, 0.29) is 34.6 Å². The lowest BCUT2D eigenvalue weighted by molar-refractivity contribution is -0.171. The van der Waals surface area contributed by atoms with Gasteiger partial charge in [-0.3, -0.25) is 9.59 Å². The fraction of sp³-hybridized carbons (Fsp3) is 0.704. The van der Waals surface area contributed by atoms with Crippen LogP contribution in [0.3, 0.4) is 0 Å². The minimum atomic E-state index is -0.801. The number of hydrogen-bond acceptors (Lipinski definition) is 6. The molecule has 0 spiro atoms. The monoisotopic (exact) mass is 458 g/mol. The molecule has 0 saturated heterocycles. The van der Waals surface area contributed by atoms with Crippen molar-refractivity contribution in [3.05, 3.63) is 35.6 Å². The van der Waals surface area contributed by atoms with Gasteiger partial charge in [-0.1, -0.05) is 37.1 Å². The Morgan fingerprint density at radius 1 is 1.15 bits per heavy atom. The summed E-state index contributed by atoms with van der Waals surface area (Å²) in [5.41, 5.74) is 1.65. The number of fused-ring (bicyclic) bond motifs is 5. The van der Waals surface area contributed by atoms with Crippen LogP contribution in [0.5, 0.6) is 0 Å². The first-order chi connectivity index (χ1) is 15.4. The summed E-state index contributed by atoms with van der Waals surface area (Å²) in [7, 11) is 0. The van der Waals surface area contributed by atoms with Gasteiger partial charge in [-0.15, -0.1) is 0 Å². The number of hydrogen-bond donors (Lipinski definition) is 2. The van der Waals surface area contributed by atoms with E-state index in [0.717, 1.165) is 32.1 Å². The van der Waals surface area contributed by atoms with Gasteiger partial charge in [-0.25, -0.2) is 0 Å². The molecule has 0 heterocycles. The molecule has 2 fully saturated rings. The predicted octanol–water partition coefficient (Wildman–Crippen LogP) is 4.22. The number of allylic oxidation sites excluding steroid dienone is 3. The summed E-state index contributed by atoms with van der Waals surface area (Å²) >= 11 is 0. The van der Waals surface area contributed by atoms with Gasteiger partial charge in [0.05, 0.1) is 18.5 Å². The molecule has 2 saturated carbocycles. The van der Waals surface area contributed by atoms with E-state index in [4.69, 9.17) is 9.47 Å². The molecule has 0 aromatic carbocycles. The van der Waals surface area contributed by atoms with E-state index in [9.17, 15) is 19.8 Å². The van der Waals surface area contributed by atoms with Crippen molar-refractivity contribution in [2.45, 2.75) is 91.0 Å². The van der Waals surface area contributed by atoms with Crippen LogP contribution < -0.4 is 0 Å². The van der Waals surface area contributed by atoms with Crippen molar-refractivity contribution in [1.29, 1.82) is 0 Å². The molecule has 33 heavy (non-hydrogen) atoms. The predicted molar refractivity (Wildman–Crippen MR) is 124 cm³/mol. The van der Waals surface area contributed by atoms with Gasteiger partial charge < -0.3 is 19.7 Å². The SMILES string of the molecule is CC(=O)O/C=C/C(O)[C@@H]1CC2=CC(O)CC[C@]2(C)C2=CC[C@@]3(C)[C@@H](CC[C@]3(C)OC(C)=O)[C@@H]21. The summed E-state index contributed by atoms with van der Waals surface area (Å²) in [5, 5.41) is 21.6. The van der Waals surface area contributed by atoms with Crippen LogP contribution in [0, 0.1) is 28.6 Å². The van der Waals surface area contributed by atoms with Crippen molar-refractivity contribution < 1.29 is 29.3 Å². The van der Waals surface area contributed by atoms with Crippen LogP contribution in [0.1, 0.15) is 73.1 Å². The molecule has 4 aliphatic rings. The summed E-state index contributed by atoms with van der Waals surface area (Å²) in [4.78, 5) is 23.2. The average molecular weight is 459 g/mol. The van der Waals surface area contributed by atoms with Gasteiger partial charge in [0.25, 0.3) is 0 Å². The van der Waals surface area contributed by atoms with Crippen molar-refractivity contribution in [2.75, 3.05) is 0 Å². The molecular weight excluding hydrogens is 420 g/mol. The lowest BCUT2D eigenvalue weighted by Gasteiger charge is -2.58. The van der Waals surface area contributed by atoms with Crippen LogP contribution in [0.2, 0.25) is 0 Å². The molecule has 0 bridgehead atoms. The summed E-state index contributed by atoms with van der Waals surface area (Å²) in [6, 6.07) is 0. The van der Waals surface area contributed by atoms with E-state index in [1.807, 2.05) is 6.08 Å². The summed E-state index contributed by atoms with van der Waals surface area (Å²) < 4.78 is 10.9. The first-order valence-corrected chi connectivity index (χ1v) is 12.2. The molecule has 2 unspecified atom stereocenters. The van der Waals surface area contributed by atoms with Crippen molar-refractivity contribution in [3.8, 4) is 0 Å². The fourth-order valence-electron chi connectivity index (χ4n) is 7.44. The van der Waals surface area contributed by atoms with E-state index >= 15 is 0 Å². The van der Waals surface area contributed by atoms with Crippen LogP contribution in [0.15, 0.2) is 35.6 Å². The molecule has 0 aromatic rings. The quantitative estimate of drug-likeness (QED) is 0.372. The summed E-state index contributed by atoms with van der Waals surface area (Å²) in [6.07, 6.45) is 10.8. The summed E-state index contributed by atoms with van der Waals surface area (Å²) in [5.74, 6) is -0.412. The number of carbonyl (C=O) groups is 2. The highest BCUT2D eigenvalue weighted by molar-refractivity contribution is 5.67. The second-order valence-corrected chi connectivity index (χ2v) is 11.2. The highest BCUT2D eigenvalue weighted by Gasteiger charge is 2.64. The Kier molecular flexibility index (Phi) is 6.15. The van der Waals surface area contributed by atoms with E-state index in [2.05, 4.69) is 26.8 Å². The molecule has 6 nitrogen and oxygen atoms in total. The number of aliphatic hydroxyl groups excluding tert-OH is 2. The van der Waals surface area contributed by atoms with E-state index < -0.39 is 23.8 Å². The second-order valence-electron chi connectivity index (χ2n) is 11.2. The minimum absolute atomic E-state index is 0.114. The number of aliphatic hydroxyl groups is 2. The molecule has 4 aliphatic carbocycles. The molecule has 0 aliphatic heterocycles. The fourth-order valence-corrected chi connectivity index (χ4v) is 7.44. The standard InChI is InChI=1S/C27H38O6/c1-16(28)32-13-9-23(31)20-15-18-14-19(30)6-10-25(18,3)21-7-11-26(4)22(24(20)21)8-12-27(26,5)33-17(2)29/h7,9,13-14,19-20,22-24,30-31H,6,8,10-12,15H2,1-5H3/b13-9+/t19?,20-,22-,23?,24+,25-,26-,27-/m0/s1. The molecular formula is C27H38O6. The van der Waals surface area contributed by atoms with Crippen molar-refractivity contribution in [1.82, 2.24) is 0 Å². The lowest BCUT2D eigenvalue weighted by Crippen LogP contribution is -2.54. The van der Waals surface area contributed by atoms with Crippen molar-refractivity contribution >= 4 is 11.9 Å². The van der Waals surface area contributed by atoms with Gasteiger partial charge in [0, 0.05) is 24.7 Å². The maximum Gasteiger partial charge on any atom is 0.307 e. The Labute approximate surface area is 196 Å². The Hall–Kier alpha value is -1.92. The largest absolute Gasteiger partial charge is 0.459 e. The van der Waals surface area contributed by atoms with Gasteiger partial charge >= 0.3 is 11.9 Å². The zero-order valence-corrected chi connectivity index (χ0v) is 20.5. The van der Waals surface area contributed by atoms with Gasteiger partial charge in [0.2, 0.25) is 0 Å². The van der Waals surface area contributed by atoms with E-state index in [1.165, 1.54) is 31.3 Å². The maximum atomic E-state index is 12.0. The number of rotatable bonds is 4. The van der Waals surface area contributed by atoms with Crippen LogP contribution in [0.4, 0.5) is 0 Å². The van der Waals surface area contributed by atoms with Gasteiger partial charge in [-0.2, -0.15) is 0 Å². The molecule has 8 atom stereocenters. The Morgan fingerprint density at radius 2 is 1.88 bits per heavy atom. The van der Waals surface area contributed by atoms with Gasteiger partial charge in [0.1, 0.15) is 5.60 Å². The minimum Gasteiger partial charge on any atom is -0.459 e. The molecule has 2 N–H and O–H groups in total. The molecule has 182 valence electrons. The summed E-state index contributed by atoms with van der Waals surface area (Å²) in [6.45, 7) is 9.39. The van der Waals surface area contributed by atoms with Crippen LogP contribution in [-0.4, -0.2) is 40.0 Å². The third-order valence-corrected chi connectivity index (χ3v) is 9.41. The van der Waals surface area contributed by atoms with Crippen molar-refractivity contribution in [2.24, 2.45) is 28.6 Å². The third kappa shape index (κ3) is 3.89. The van der Waals surface area contributed by atoms with Gasteiger partial charge in [-0.05, 0) is 69.3 Å². The van der Waals surface area contributed by atoms with E-state index in [1.54, 1.807) is 6.08 Å². The molecule has 6 heteroatoms. The zero-order valence-electron chi connectivity index (χ0n) is 20.5. The first kappa shape index (κ1) is 24.2. The molecule has 4 rings (SSSR count). The van der Waals surface area contributed by atoms with Crippen LogP contribution >= 0.6 is 0 Å². The van der Waals surface area contributed by atoms with Crippen molar-refractivity contribution in [3.63, 3.8) is 0 Å². The second kappa shape index (κ2) is 8.38. The molecule has 0 radical (unpaired) electrons. The lowest BCUT2D eigenvalue weighted by atomic mass is 9.47. The maximum absolute atomic E-state index is 12.0. The van der Waals surface area contributed by atoms with Crippen LogP contribution in [0.25, 0.3) is 0 Å². The smallest absolute Gasteiger partial charge is 0.307 e. The highest BCUT2D eigenvalue weighted by Crippen LogP contribution is 2.67. The Morgan fingerprint density at radius 3 is 2.55 bits per heavy atom. The van der Waals surface area contributed by atoms with Crippen LogP contribution in [-0.2, 0) is 19.1 Å². The number of esters is 2. The number of ether oxygens (including phenoxy) is 2. The average Bonchev–Trinajstić information content (AvgIpc) is 2.97. The molecule has 0 aromatic heterocycles. The first-order valence-electron chi connectivity index (χ1n) is 12.2. The Balaban J connectivity index is 1.77. The molecule has 0 amide bonds. The van der Waals surface area contributed by atoms with Gasteiger partial charge in [0.15, 0.2) is 0 Å². The third-order valence-electron chi connectivity index (χ3n) is 9.41. The number of carbonyl (C=O) groups excluding carboxylic acids is 2.